The van der Waals surface area contributed by atoms with Gasteiger partial charge in [-0.2, -0.15) is 0 Å². The molecule has 5 atom stereocenters. The second-order valence-electron chi connectivity index (χ2n) is 8.66. The topological polar surface area (TPSA) is 46.2 Å². The van der Waals surface area contributed by atoms with E-state index in [0.29, 0.717) is 26.4 Å². The standard InChI is InChI=1S/C29H34O5/c1-22-26(21-31-18-23-12-6-3-7-13-23)34-29(30-2)28(33-20-25-16-10-5-11-17-25)27(22)32-19-24-14-8-4-9-15-24/h3-17,22,26-29H,18-21H2,1-2H3/t22-,26?,27?,28?,29+/m1/s1. The molecule has 1 aliphatic heterocycles. The van der Waals surface area contributed by atoms with Gasteiger partial charge in [-0.05, 0) is 16.7 Å². The average Bonchev–Trinajstić information content (AvgIpc) is 2.89. The van der Waals surface area contributed by atoms with Crippen LogP contribution >= 0.6 is 0 Å². The zero-order valence-corrected chi connectivity index (χ0v) is 19.9. The minimum atomic E-state index is -0.550. The first-order valence-corrected chi connectivity index (χ1v) is 11.9. The highest BCUT2D eigenvalue weighted by Gasteiger charge is 2.45. The SMILES string of the molecule is CO[C@H]1OC(COCc2ccccc2)[C@@H](C)C(OCc2ccccc2)C1OCc1ccccc1. The van der Waals surface area contributed by atoms with Crippen LogP contribution in [0, 0.1) is 5.92 Å². The third kappa shape index (κ3) is 6.75. The minimum absolute atomic E-state index is 0.0478. The zero-order valence-electron chi connectivity index (χ0n) is 19.9. The van der Waals surface area contributed by atoms with Gasteiger partial charge in [0.25, 0.3) is 0 Å². The van der Waals surface area contributed by atoms with E-state index in [9.17, 15) is 0 Å². The van der Waals surface area contributed by atoms with Crippen molar-refractivity contribution in [1.82, 2.24) is 0 Å². The van der Waals surface area contributed by atoms with Crippen molar-refractivity contribution in [2.45, 2.75) is 51.3 Å². The summed E-state index contributed by atoms with van der Waals surface area (Å²) in [6.45, 7) is 4.08. The van der Waals surface area contributed by atoms with Gasteiger partial charge in [0, 0.05) is 13.0 Å². The molecule has 3 aromatic carbocycles. The van der Waals surface area contributed by atoms with Crippen LogP contribution < -0.4 is 0 Å². The number of hydrogen-bond donors (Lipinski definition) is 0. The van der Waals surface area contributed by atoms with Crippen LogP contribution in [0.25, 0.3) is 0 Å². The van der Waals surface area contributed by atoms with E-state index < -0.39 is 6.29 Å². The molecule has 0 bridgehead atoms. The Hall–Kier alpha value is -2.54. The van der Waals surface area contributed by atoms with Crippen LogP contribution in [0.3, 0.4) is 0 Å². The fraction of sp³-hybridized carbons (Fsp3) is 0.379. The van der Waals surface area contributed by atoms with E-state index in [-0.39, 0.29) is 24.2 Å². The Morgan fingerprint density at radius 3 is 1.62 bits per heavy atom. The Labute approximate surface area is 202 Å². The second-order valence-corrected chi connectivity index (χ2v) is 8.66. The van der Waals surface area contributed by atoms with Crippen molar-refractivity contribution in [2.24, 2.45) is 5.92 Å². The van der Waals surface area contributed by atoms with Crippen molar-refractivity contribution >= 4 is 0 Å². The molecular formula is C29H34O5. The van der Waals surface area contributed by atoms with E-state index >= 15 is 0 Å². The summed E-state index contributed by atoms with van der Waals surface area (Å²) in [5.41, 5.74) is 3.35. The number of rotatable bonds is 11. The Bertz CT molecular complexity index is 950. The highest BCUT2D eigenvalue weighted by atomic mass is 16.7. The molecule has 34 heavy (non-hydrogen) atoms. The predicted octanol–water partition coefficient (Wildman–Crippen LogP) is 5.38. The second kappa shape index (κ2) is 12.8. The van der Waals surface area contributed by atoms with E-state index in [0.717, 1.165) is 16.7 Å². The average molecular weight is 463 g/mol. The largest absolute Gasteiger partial charge is 0.374 e. The summed E-state index contributed by atoms with van der Waals surface area (Å²) in [5, 5.41) is 0. The first-order chi connectivity index (χ1) is 16.7. The summed E-state index contributed by atoms with van der Waals surface area (Å²) in [6, 6.07) is 30.5. The van der Waals surface area contributed by atoms with Gasteiger partial charge in [-0.25, -0.2) is 0 Å². The van der Waals surface area contributed by atoms with Crippen molar-refractivity contribution in [3.05, 3.63) is 108 Å². The summed E-state index contributed by atoms with van der Waals surface area (Å²) >= 11 is 0. The fourth-order valence-electron chi connectivity index (χ4n) is 4.24. The van der Waals surface area contributed by atoms with Crippen molar-refractivity contribution in [3.63, 3.8) is 0 Å². The fourth-order valence-corrected chi connectivity index (χ4v) is 4.24. The first-order valence-electron chi connectivity index (χ1n) is 11.9. The summed E-state index contributed by atoms with van der Waals surface area (Å²) in [5.74, 6) is 0.0478. The highest BCUT2D eigenvalue weighted by molar-refractivity contribution is 5.15. The molecule has 0 radical (unpaired) electrons. The molecular weight excluding hydrogens is 428 g/mol. The molecule has 0 amide bonds. The van der Waals surface area contributed by atoms with Gasteiger partial charge >= 0.3 is 0 Å². The number of methoxy groups -OCH3 is 1. The van der Waals surface area contributed by atoms with Crippen LogP contribution in [-0.2, 0) is 43.5 Å². The molecule has 4 rings (SSSR count). The lowest BCUT2D eigenvalue weighted by molar-refractivity contribution is -0.303. The van der Waals surface area contributed by atoms with Crippen LogP contribution in [-0.4, -0.2) is 38.3 Å². The van der Waals surface area contributed by atoms with Gasteiger partial charge in [0.1, 0.15) is 6.10 Å². The Kier molecular flexibility index (Phi) is 9.25. The van der Waals surface area contributed by atoms with Crippen LogP contribution in [0.15, 0.2) is 91.0 Å². The first kappa shape index (κ1) is 24.6. The van der Waals surface area contributed by atoms with Crippen molar-refractivity contribution in [2.75, 3.05) is 13.7 Å². The molecule has 0 aliphatic carbocycles. The highest BCUT2D eigenvalue weighted by Crippen LogP contribution is 2.32. The van der Waals surface area contributed by atoms with E-state index in [1.807, 2.05) is 54.6 Å². The molecule has 1 heterocycles. The summed E-state index contributed by atoms with van der Waals surface area (Å²) in [7, 11) is 1.65. The summed E-state index contributed by atoms with van der Waals surface area (Å²) in [4.78, 5) is 0. The molecule has 1 fully saturated rings. The molecule has 3 unspecified atom stereocenters. The molecule has 1 saturated heterocycles. The maximum absolute atomic E-state index is 6.47. The number of ether oxygens (including phenoxy) is 5. The van der Waals surface area contributed by atoms with E-state index in [1.54, 1.807) is 7.11 Å². The lowest BCUT2D eigenvalue weighted by Gasteiger charge is -2.44. The van der Waals surface area contributed by atoms with Crippen molar-refractivity contribution in [1.29, 1.82) is 0 Å². The monoisotopic (exact) mass is 462 g/mol. The smallest absolute Gasteiger partial charge is 0.186 e. The van der Waals surface area contributed by atoms with Crippen LogP contribution in [0.2, 0.25) is 0 Å². The lowest BCUT2D eigenvalue weighted by atomic mass is 9.90. The summed E-state index contributed by atoms with van der Waals surface area (Å²) < 4.78 is 30.9. The molecule has 0 saturated carbocycles. The molecule has 180 valence electrons. The quantitative estimate of drug-likeness (QED) is 0.383. The van der Waals surface area contributed by atoms with E-state index in [4.69, 9.17) is 23.7 Å². The lowest BCUT2D eigenvalue weighted by Crippen LogP contribution is -2.57. The minimum Gasteiger partial charge on any atom is -0.374 e. The maximum atomic E-state index is 6.47. The van der Waals surface area contributed by atoms with Crippen molar-refractivity contribution in [3.8, 4) is 0 Å². The molecule has 5 nitrogen and oxygen atoms in total. The van der Waals surface area contributed by atoms with Gasteiger partial charge in [-0.15, -0.1) is 0 Å². The van der Waals surface area contributed by atoms with Crippen molar-refractivity contribution < 1.29 is 23.7 Å². The Morgan fingerprint density at radius 1 is 0.647 bits per heavy atom. The van der Waals surface area contributed by atoms with Crippen LogP contribution in [0.1, 0.15) is 23.6 Å². The molecule has 5 heteroatoms. The number of hydrogen-bond acceptors (Lipinski definition) is 5. The third-order valence-corrected chi connectivity index (χ3v) is 6.20. The predicted molar refractivity (Wildman–Crippen MR) is 131 cm³/mol. The maximum Gasteiger partial charge on any atom is 0.186 e. The molecule has 3 aromatic rings. The molecule has 0 N–H and O–H groups in total. The molecule has 0 spiro atoms. The Balaban J connectivity index is 1.44. The van der Waals surface area contributed by atoms with E-state index in [1.165, 1.54) is 0 Å². The van der Waals surface area contributed by atoms with Gasteiger partial charge < -0.3 is 23.7 Å². The molecule has 0 aromatic heterocycles. The number of benzene rings is 3. The zero-order chi connectivity index (χ0) is 23.6. The normalized spacial score (nSPS) is 24.7. The summed E-state index contributed by atoms with van der Waals surface area (Å²) in [6.07, 6.45) is -1.31. The van der Waals surface area contributed by atoms with Crippen LogP contribution in [0.5, 0.6) is 0 Å². The van der Waals surface area contributed by atoms with Crippen LogP contribution in [0.4, 0.5) is 0 Å². The van der Waals surface area contributed by atoms with Gasteiger partial charge in [0.2, 0.25) is 0 Å². The van der Waals surface area contributed by atoms with Gasteiger partial charge in [0.05, 0.1) is 38.6 Å². The van der Waals surface area contributed by atoms with E-state index in [2.05, 4.69) is 43.3 Å². The van der Waals surface area contributed by atoms with Gasteiger partial charge in [-0.3, -0.25) is 0 Å². The molecule has 1 aliphatic rings. The third-order valence-electron chi connectivity index (χ3n) is 6.20. The Morgan fingerprint density at radius 2 is 1.12 bits per heavy atom. The van der Waals surface area contributed by atoms with Gasteiger partial charge in [0.15, 0.2) is 6.29 Å². The van der Waals surface area contributed by atoms with Gasteiger partial charge in [-0.1, -0.05) is 97.9 Å².